The molecule has 0 bridgehead atoms. The first kappa shape index (κ1) is 11.2. The Balaban J connectivity index is 2.16. The lowest BCUT2D eigenvalue weighted by atomic mass is 9.94. The van der Waals surface area contributed by atoms with Gasteiger partial charge in [0, 0.05) is 0 Å². The second kappa shape index (κ2) is 3.91. The van der Waals surface area contributed by atoms with E-state index in [1.54, 1.807) is 0 Å². The molecule has 14 heavy (non-hydrogen) atoms. The second-order valence-corrected chi connectivity index (χ2v) is 7.83. The second-order valence-electron chi connectivity index (χ2n) is 4.78. The van der Waals surface area contributed by atoms with E-state index < -0.39 is 0 Å². The zero-order valence-corrected chi connectivity index (χ0v) is 11.0. The molecule has 0 amide bonds. The van der Waals surface area contributed by atoms with Crippen molar-refractivity contribution in [3.8, 4) is 0 Å². The first-order chi connectivity index (χ1) is 6.56. The summed E-state index contributed by atoms with van der Waals surface area (Å²) in [5.74, 6) is 2.63. The number of rotatable bonds is 0. The third kappa shape index (κ3) is 1.83. The molecular formula is C11H20OS2. The number of ether oxygens (including phenoxy) is 1. The molecule has 2 saturated heterocycles. The summed E-state index contributed by atoms with van der Waals surface area (Å²) in [6.07, 6.45) is 4.35. The summed E-state index contributed by atoms with van der Waals surface area (Å²) in [6, 6.07) is 0. The molecule has 2 aliphatic heterocycles. The first-order valence-electron chi connectivity index (χ1n) is 5.51. The van der Waals surface area contributed by atoms with Gasteiger partial charge in [0.25, 0.3) is 0 Å². The van der Waals surface area contributed by atoms with Crippen molar-refractivity contribution in [2.24, 2.45) is 0 Å². The number of thioether (sulfide) groups is 2. The molecule has 0 N–H and O–H groups in total. The Morgan fingerprint density at radius 3 is 2.43 bits per heavy atom. The summed E-state index contributed by atoms with van der Waals surface area (Å²) in [6.45, 7) is 6.74. The lowest BCUT2D eigenvalue weighted by Crippen LogP contribution is -2.53. The van der Waals surface area contributed by atoms with Crippen LogP contribution >= 0.6 is 23.5 Å². The van der Waals surface area contributed by atoms with Crippen LogP contribution in [-0.2, 0) is 4.74 Å². The fourth-order valence-corrected chi connectivity index (χ4v) is 5.98. The normalized spacial score (nSPS) is 35.8. The molecule has 2 aliphatic rings. The van der Waals surface area contributed by atoms with Gasteiger partial charge in [0.05, 0.1) is 15.8 Å². The largest absolute Gasteiger partial charge is 0.370 e. The molecule has 0 saturated carbocycles. The number of hydrogen-bond donors (Lipinski definition) is 0. The van der Waals surface area contributed by atoms with Crippen LogP contribution in [-0.4, -0.2) is 27.3 Å². The SMILES string of the molecule is C[C@@H]1CCC2(SCCCS2)C(C)(C)O1. The Morgan fingerprint density at radius 2 is 1.86 bits per heavy atom. The third-order valence-electron chi connectivity index (χ3n) is 3.25. The van der Waals surface area contributed by atoms with Crippen LogP contribution in [0.3, 0.4) is 0 Å². The van der Waals surface area contributed by atoms with Gasteiger partial charge in [0.2, 0.25) is 0 Å². The van der Waals surface area contributed by atoms with Gasteiger partial charge in [-0.15, -0.1) is 23.5 Å². The summed E-state index contributed by atoms with van der Waals surface area (Å²) < 4.78 is 6.47. The van der Waals surface area contributed by atoms with Crippen molar-refractivity contribution in [3.05, 3.63) is 0 Å². The van der Waals surface area contributed by atoms with Gasteiger partial charge in [0.1, 0.15) is 0 Å². The van der Waals surface area contributed by atoms with Gasteiger partial charge >= 0.3 is 0 Å². The third-order valence-corrected chi connectivity index (χ3v) is 7.27. The number of hydrogen-bond acceptors (Lipinski definition) is 3. The van der Waals surface area contributed by atoms with Crippen LogP contribution < -0.4 is 0 Å². The molecule has 0 aliphatic carbocycles. The van der Waals surface area contributed by atoms with Gasteiger partial charge in [0.15, 0.2) is 0 Å². The molecule has 1 nitrogen and oxygen atoms in total. The van der Waals surface area contributed by atoms with Gasteiger partial charge in [-0.2, -0.15) is 0 Å². The van der Waals surface area contributed by atoms with Crippen LogP contribution in [0.15, 0.2) is 0 Å². The Hall–Kier alpha value is 0.660. The van der Waals surface area contributed by atoms with Crippen molar-refractivity contribution in [2.75, 3.05) is 11.5 Å². The van der Waals surface area contributed by atoms with Crippen LogP contribution in [0.1, 0.15) is 40.0 Å². The van der Waals surface area contributed by atoms with E-state index in [-0.39, 0.29) is 5.60 Å². The summed E-state index contributed by atoms with van der Waals surface area (Å²) in [5, 5.41) is 0. The Kier molecular flexibility index (Phi) is 3.12. The van der Waals surface area contributed by atoms with Crippen molar-refractivity contribution in [1.29, 1.82) is 0 Å². The maximum absolute atomic E-state index is 6.13. The van der Waals surface area contributed by atoms with Crippen LogP contribution in [0, 0.1) is 0 Å². The predicted octanol–water partition coefficient (Wildman–Crippen LogP) is 3.53. The lowest BCUT2D eigenvalue weighted by Gasteiger charge is -2.52. The summed E-state index contributed by atoms with van der Waals surface area (Å²) in [7, 11) is 0. The fraction of sp³-hybridized carbons (Fsp3) is 1.00. The van der Waals surface area contributed by atoms with E-state index in [0.717, 1.165) is 0 Å². The molecule has 2 rings (SSSR count). The van der Waals surface area contributed by atoms with Gasteiger partial charge in [-0.25, -0.2) is 0 Å². The molecule has 0 unspecified atom stereocenters. The van der Waals surface area contributed by atoms with E-state index in [2.05, 4.69) is 44.3 Å². The standard InChI is InChI=1S/C11H20OS2/c1-9-5-6-11(10(2,3)12-9)13-7-4-8-14-11/h9H,4-8H2,1-3H3/t9-/m1/s1. The average molecular weight is 232 g/mol. The lowest BCUT2D eigenvalue weighted by molar-refractivity contribution is -0.101. The minimum Gasteiger partial charge on any atom is -0.370 e. The molecular weight excluding hydrogens is 212 g/mol. The van der Waals surface area contributed by atoms with E-state index in [1.165, 1.54) is 30.8 Å². The zero-order chi connectivity index (χ0) is 10.2. The van der Waals surface area contributed by atoms with Crippen LogP contribution in [0.4, 0.5) is 0 Å². The van der Waals surface area contributed by atoms with Crippen LogP contribution in [0.2, 0.25) is 0 Å². The van der Waals surface area contributed by atoms with Crippen molar-refractivity contribution in [2.45, 2.75) is 55.8 Å². The average Bonchev–Trinajstić information content (AvgIpc) is 2.14. The van der Waals surface area contributed by atoms with E-state index in [1.807, 2.05) is 0 Å². The molecule has 2 fully saturated rings. The molecule has 1 atom stereocenters. The Morgan fingerprint density at radius 1 is 1.21 bits per heavy atom. The summed E-state index contributed by atoms with van der Waals surface area (Å²) in [4.78, 5) is 0. The topological polar surface area (TPSA) is 9.23 Å². The van der Waals surface area contributed by atoms with Crippen molar-refractivity contribution >= 4 is 23.5 Å². The molecule has 0 aromatic carbocycles. The van der Waals surface area contributed by atoms with E-state index in [4.69, 9.17) is 4.74 Å². The molecule has 3 heteroatoms. The Bertz CT molecular complexity index is 209. The van der Waals surface area contributed by atoms with Crippen molar-refractivity contribution < 1.29 is 4.74 Å². The molecule has 1 spiro atoms. The maximum atomic E-state index is 6.13. The molecule has 0 aromatic rings. The highest BCUT2D eigenvalue weighted by molar-refractivity contribution is 8.18. The molecule has 82 valence electrons. The first-order valence-corrected chi connectivity index (χ1v) is 7.49. The summed E-state index contributed by atoms with van der Waals surface area (Å²) in [5.41, 5.74) is 0.0421. The van der Waals surface area contributed by atoms with Crippen molar-refractivity contribution in [1.82, 2.24) is 0 Å². The fourth-order valence-electron chi connectivity index (χ4n) is 2.41. The smallest absolute Gasteiger partial charge is 0.0894 e. The van der Waals surface area contributed by atoms with E-state index in [9.17, 15) is 0 Å². The van der Waals surface area contributed by atoms with Gasteiger partial charge in [-0.05, 0) is 51.5 Å². The monoisotopic (exact) mass is 232 g/mol. The van der Waals surface area contributed by atoms with Crippen LogP contribution in [0.25, 0.3) is 0 Å². The zero-order valence-electron chi connectivity index (χ0n) is 9.34. The molecule has 2 heterocycles. The van der Waals surface area contributed by atoms with Gasteiger partial charge in [-0.1, -0.05) is 0 Å². The van der Waals surface area contributed by atoms with Gasteiger partial charge in [-0.3, -0.25) is 0 Å². The quantitative estimate of drug-likeness (QED) is 0.632. The Labute approximate surface area is 95.7 Å². The maximum Gasteiger partial charge on any atom is 0.0894 e. The van der Waals surface area contributed by atoms with Crippen molar-refractivity contribution in [3.63, 3.8) is 0 Å². The molecule has 0 aromatic heterocycles. The van der Waals surface area contributed by atoms with Crippen LogP contribution in [0.5, 0.6) is 0 Å². The van der Waals surface area contributed by atoms with Gasteiger partial charge < -0.3 is 4.74 Å². The summed E-state index contributed by atoms with van der Waals surface area (Å²) >= 11 is 4.27. The highest BCUT2D eigenvalue weighted by Crippen LogP contribution is 2.56. The minimum absolute atomic E-state index is 0.0421. The highest BCUT2D eigenvalue weighted by Gasteiger charge is 2.51. The van der Waals surface area contributed by atoms with E-state index in [0.29, 0.717) is 10.2 Å². The highest BCUT2D eigenvalue weighted by atomic mass is 32.2. The minimum atomic E-state index is 0.0421. The molecule has 0 radical (unpaired) electrons. The van der Waals surface area contributed by atoms with E-state index >= 15 is 0 Å². The predicted molar refractivity (Wildman–Crippen MR) is 66.1 cm³/mol.